The summed E-state index contributed by atoms with van der Waals surface area (Å²) in [6.45, 7) is -0.0165. The molecule has 8 heteroatoms. The Bertz CT molecular complexity index is 1010. The molecule has 0 radical (unpaired) electrons. The number of anilines is 1. The van der Waals surface area contributed by atoms with Gasteiger partial charge >= 0.3 is 0 Å². The number of tetrazole rings is 1. The van der Waals surface area contributed by atoms with Crippen LogP contribution in [-0.4, -0.2) is 40.3 Å². The molecule has 0 fully saturated rings. The van der Waals surface area contributed by atoms with Crippen molar-refractivity contribution in [2.75, 3.05) is 19.5 Å². The minimum absolute atomic E-state index is 0.0165. The molecular weight excluding hydrogens is 358 g/mol. The van der Waals surface area contributed by atoms with Gasteiger partial charge in [0, 0.05) is 11.3 Å². The molecule has 0 saturated heterocycles. The van der Waals surface area contributed by atoms with Crippen molar-refractivity contribution in [2.45, 2.75) is 25.8 Å². The summed E-state index contributed by atoms with van der Waals surface area (Å²) in [7, 11) is 3.14. The van der Waals surface area contributed by atoms with E-state index >= 15 is 0 Å². The molecule has 4 rings (SSSR count). The van der Waals surface area contributed by atoms with E-state index in [1.807, 2.05) is 18.2 Å². The van der Waals surface area contributed by atoms with Crippen molar-refractivity contribution in [3.05, 3.63) is 47.5 Å². The lowest BCUT2D eigenvalue weighted by Crippen LogP contribution is -2.20. The molecule has 0 saturated carbocycles. The van der Waals surface area contributed by atoms with Crippen molar-refractivity contribution in [1.82, 2.24) is 20.2 Å². The number of hydrogen-bond donors (Lipinski definition) is 1. The number of carbonyl (C=O) groups excluding carboxylic acids is 1. The third kappa shape index (κ3) is 3.66. The molecule has 3 aromatic rings. The zero-order valence-electron chi connectivity index (χ0n) is 15.8. The van der Waals surface area contributed by atoms with E-state index in [0.717, 1.165) is 24.1 Å². The number of nitrogens with one attached hydrogen (secondary N) is 1. The number of hydrogen-bond acceptors (Lipinski definition) is 6. The summed E-state index contributed by atoms with van der Waals surface area (Å²) in [5.74, 6) is 1.40. The van der Waals surface area contributed by atoms with Crippen molar-refractivity contribution in [3.63, 3.8) is 0 Å². The van der Waals surface area contributed by atoms with Crippen LogP contribution in [0.5, 0.6) is 11.5 Å². The minimum atomic E-state index is -0.200. The van der Waals surface area contributed by atoms with Gasteiger partial charge in [0.1, 0.15) is 6.54 Å². The molecule has 8 nitrogen and oxygen atoms in total. The van der Waals surface area contributed by atoms with Gasteiger partial charge < -0.3 is 14.8 Å². The summed E-state index contributed by atoms with van der Waals surface area (Å²) in [5.41, 5.74) is 4.21. The molecule has 1 aliphatic carbocycles. The molecule has 28 heavy (non-hydrogen) atoms. The van der Waals surface area contributed by atoms with Gasteiger partial charge in [-0.3, -0.25) is 4.79 Å². The van der Waals surface area contributed by atoms with Crippen molar-refractivity contribution in [1.29, 1.82) is 0 Å². The molecule has 1 aliphatic rings. The topological polar surface area (TPSA) is 91.2 Å². The Kier molecular flexibility index (Phi) is 4.92. The van der Waals surface area contributed by atoms with Crippen LogP contribution in [0.4, 0.5) is 5.69 Å². The second kappa shape index (κ2) is 7.67. The van der Waals surface area contributed by atoms with E-state index in [1.165, 1.54) is 22.3 Å². The Labute approximate surface area is 162 Å². The Hall–Kier alpha value is -3.42. The van der Waals surface area contributed by atoms with E-state index in [-0.39, 0.29) is 12.5 Å². The molecule has 0 unspecified atom stereocenters. The highest BCUT2D eigenvalue weighted by atomic mass is 16.5. The summed E-state index contributed by atoms with van der Waals surface area (Å²) in [6.07, 6.45) is 3.36. The predicted molar refractivity (Wildman–Crippen MR) is 103 cm³/mol. The highest BCUT2D eigenvalue weighted by molar-refractivity contribution is 5.90. The monoisotopic (exact) mass is 379 g/mol. The van der Waals surface area contributed by atoms with Crippen molar-refractivity contribution in [3.8, 4) is 22.9 Å². The molecule has 1 amide bonds. The zero-order chi connectivity index (χ0) is 19.5. The number of aromatic nitrogens is 4. The third-order valence-corrected chi connectivity index (χ3v) is 4.76. The lowest BCUT2D eigenvalue weighted by Gasteiger charge is -2.07. The molecular formula is C20H21N5O3. The number of nitrogens with zero attached hydrogens (tertiary/aromatic N) is 4. The van der Waals surface area contributed by atoms with E-state index in [0.29, 0.717) is 17.3 Å². The largest absolute Gasteiger partial charge is 0.493 e. The van der Waals surface area contributed by atoms with Crippen LogP contribution in [0.2, 0.25) is 0 Å². The van der Waals surface area contributed by atoms with Gasteiger partial charge in [-0.25, -0.2) is 0 Å². The lowest BCUT2D eigenvalue weighted by molar-refractivity contribution is -0.117. The second-order valence-corrected chi connectivity index (χ2v) is 6.60. The molecule has 2 aromatic carbocycles. The number of carbonyl (C=O) groups is 1. The van der Waals surface area contributed by atoms with Gasteiger partial charge in [0.2, 0.25) is 11.7 Å². The van der Waals surface area contributed by atoms with Crippen LogP contribution in [-0.2, 0) is 24.2 Å². The van der Waals surface area contributed by atoms with Crippen LogP contribution < -0.4 is 14.8 Å². The highest BCUT2D eigenvalue weighted by Gasteiger charge is 2.14. The summed E-state index contributed by atoms with van der Waals surface area (Å²) in [4.78, 5) is 13.6. The van der Waals surface area contributed by atoms with Crippen LogP contribution >= 0.6 is 0 Å². The molecule has 0 bridgehead atoms. The molecule has 0 aliphatic heterocycles. The Morgan fingerprint density at radius 2 is 1.89 bits per heavy atom. The standard InChI is InChI=1S/C20H21N5O3/c1-27-17-9-7-15(11-18(17)28-2)20-22-24-25(23-20)12-19(26)21-16-8-6-13-4-3-5-14(13)10-16/h6-11H,3-5,12H2,1-2H3,(H,21,26). The van der Waals surface area contributed by atoms with E-state index < -0.39 is 0 Å². The first-order chi connectivity index (χ1) is 13.7. The average Bonchev–Trinajstić information content (AvgIpc) is 3.36. The number of aryl methyl sites for hydroxylation is 2. The fraction of sp³-hybridized carbons (Fsp3) is 0.300. The van der Waals surface area contributed by atoms with E-state index in [9.17, 15) is 4.79 Å². The Morgan fingerprint density at radius 1 is 1.07 bits per heavy atom. The smallest absolute Gasteiger partial charge is 0.248 e. The van der Waals surface area contributed by atoms with Gasteiger partial charge in [0.15, 0.2) is 11.5 Å². The third-order valence-electron chi connectivity index (χ3n) is 4.76. The minimum Gasteiger partial charge on any atom is -0.493 e. The summed E-state index contributed by atoms with van der Waals surface area (Å²) < 4.78 is 10.5. The van der Waals surface area contributed by atoms with E-state index in [1.54, 1.807) is 26.4 Å². The van der Waals surface area contributed by atoms with Gasteiger partial charge in [-0.2, -0.15) is 4.80 Å². The molecule has 1 heterocycles. The van der Waals surface area contributed by atoms with E-state index in [4.69, 9.17) is 9.47 Å². The van der Waals surface area contributed by atoms with E-state index in [2.05, 4.69) is 26.8 Å². The quantitative estimate of drug-likeness (QED) is 0.708. The normalized spacial score (nSPS) is 12.5. The highest BCUT2D eigenvalue weighted by Crippen LogP contribution is 2.30. The first kappa shape index (κ1) is 18.0. The molecule has 0 spiro atoms. The molecule has 1 aromatic heterocycles. The number of fused-ring (bicyclic) bond motifs is 1. The van der Waals surface area contributed by atoms with Crippen LogP contribution in [0.3, 0.4) is 0 Å². The summed E-state index contributed by atoms with van der Waals surface area (Å²) in [5, 5.41) is 15.2. The van der Waals surface area contributed by atoms with Gasteiger partial charge in [0.25, 0.3) is 0 Å². The maximum atomic E-state index is 12.3. The predicted octanol–water partition coefficient (Wildman–Crippen LogP) is 2.48. The van der Waals surface area contributed by atoms with Crippen LogP contribution in [0, 0.1) is 0 Å². The van der Waals surface area contributed by atoms with Gasteiger partial charge in [0.05, 0.1) is 14.2 Å². The lowest BCUT2D eigenvalue weighted by atomic mass is 10.1. The summed E-state index contributed by atoms with van der Waals surface area (Å²) in [6, 6.07) is 11.4. The van der Waals surface area contributed by atoms with Crippen molar-refractivity contribution in [2.24, 2.45) is 0 Å². The first-order valence-electron chi connectivity index (χ1n) is 9.08. The first-order valence-corrected chi connectivity index (χ1v) is 9.08. The Morgan fingerprint density at radius 3 is 2.71 bits per heavy atom. The fourth-order valence-corrected chi connectivity index (χ4v) is 3.38. The van der Waals surface area contributed by atoms with Gasteiger partial charge in [-0.1, -0.05) is 6.07 Å². The molecule has 1 N–H and O–H groups in total. The average molecular weight is 379 g/mol. The maximum Gasteiger partial charge on any atom is 0.248 e. The number of rotatable bonds is 6. The van der Waals surface area contributed by atoms with Crippen LogP contribution in [0.25, 0.3) is 11.4 Å². The van der Waals surface area contributed by atoms with Crippen molar-refractivity contribution >= 4 is 11.6 Å². The summed E-state index contributed by atoms with van der Waals surface area (Å²) >= 11 is 0. The van der Waals surface area contributed by atoms with Crippen LogP contribution in [0.1, 0.15) is 17.5 Å². The molecule has 144 valence electrons. The molecule has 0 atom stereocenters. The number of amides is 1. The van der Waals surface area contributed by atoms with Gasteiger partial charge in [-0.05, 0) is 65.9 Å². The number of methoxy groups -OCH3 is 2. The van der Waals surface area contributed by atoms with Gasteiger partial charge in [-0.15, -0.1) is 10.2 Å². The second-order valence-electron chi connectivity index (χ2n) is 6.60. The van der Waals surface area contributed by atoms with Crippen molar-refractivity contribution < 1.29 is 14.3 Å². The zero-order valence-corrected chi connectivity index (χ0v) is 15.8. The SMILES string of the molecule is COc1ccc(-c2nnn(CC(=O)Nc3ccc4c(c3)CCC4)n2)cc1OC. The number of ether oxygens (including phenoxy) is 2. The fourth-order valence-electron chi connectivity index (χ4n) is 3.38. The maximum absolute atomic E-state index is 12.3. The van der Waals surface area contributed by atoms with Crippen LogP contribution in [0.15, 0.2) is 36.4 Å². The Balaban J connectivity index is 1.44. The number of benzene rings is 2.